The summed E-state index contributed by atoms with van der Waals surface area (Å²) >= 11 is 0. The molecule has 0 aliphatic heterocycles. The van der Waals surface area contributed by atoms with Crippen molar-refractivity contribution < 1.29 is 0 Å². The minimum Gasteiger partial charge on any atom is -0.0622 e. The number of aryl methyl sites for hydroxylation is 3. The highest BCUT2D eigenvalue weighted by Crippen LogP contribution is 2.37. The normalized spacial score (nSPS) is 17.2. The monoisotopic (exact) mass is 264 g/mol. The van der Waals surface area contributed by atoms with E-state index >= 15 is 0 Å². The molecular weight excluding hydrogens is 240 g/mol. The fourth-order valence-electron chi connectivity index (χ4n) is 3.61. The molecule has 2 aromatic carbocycles. The molecule has 0 amide bonds. The van der Waals surface area contributed by atoms with Crippen LogP contribution in [0.15, 0.2) is 42.5 Å². The molecule has 0 bridgehead atoms. The average molecular weight is 264 g/mol. The highest BCUT2D eigenvalue weighted by molar-refractivity contribution is 5.44. The van der Waals surface area contributed by atoms with Gasteiger partial charge in [0.1, 0.15) is 0 Å². The molecule has 104 valence electrons. The summed E-state index contributed by atoms with van der Waals surface area (Å²) in [5.41, 5.74) is 7.84. The largest absolute Gasteiger partial charge is 0.0622 e. The summed E-state index contributed by atoms with van der Waals surface area (Å²) in [6.07, 6.45) is 6.11. The van der Waals surface area contributed by atoms with E-state index in [1.165, 1.54) is 31.2 Å². The van der Waals surface area contributed by atoms with Gasteiger partial charge in [-0.15, -0.1) is 0 Å². The molecule has 2 aromatic rings. The first-order valence-corrected chi connectivity index (χ1v) is 8.00. The van der Waals surface area contributed by atoms with Crippen molar-refractivity contribution in [1.82, 2.24) is 0 Å². The molecule has 0 radical (unpaired) electrons. The first-order valence-electron chi connectivity index (χ1n) is 8.00. The molecule has 0 heterocycles. The second-order valence-corrected chi connectivity index (χ2v) is 5.95. The zero-order valence-corrected chi connectivity index (χ0v) is 12.7. The van der Waals surface area contributed by atoms with Crippen LogP contribution in [0.4, 0.5) is 0 Å². The molecule has 1 atom stereocenters. The quantitative estimate of drug-likeness (QED) is 0.722. The summed E-state index contributed by atoms with van der Waals surface area (Å²) in [7, 11) is 0. The predicted octanol–water partition coefficient (Wildman–Crippen LogP) is 5.08. The topological polar surface area (TPSA) is 0 Å². The fraction of sp³-hybridized carbons (Fsp3) is 0.400. The van der Waals surface area contributed by atoms with Gasteiger partial charge in [0.05, 0.1) is 0 Å². The summed E-state index contributed by atoms with van der Waals surface area (Å²) in [6.45, 7) is 4.55. The van der Waals surface area contributed by atoms with Gasteiger partial charge >= 0.3 is 0 Å². The second kappa shape index (κ2) is 5.83. The van der Waals surface area contributed by atoms with E-state index in [0.717, 1.165) is 12.3 Å². The van der Waals surface area contributed by atoms with Gasteiger partial charge in [-0.05, 0) is 65.8 Å². The molecule has 1 aliphatic carbocycles. The van der Waals surface area contributed by atoms with Crippen LogP contribution in [0.5, 0.6) is 0 Å². The maximum atomic E-state index is 2.51. The van der Waals surface area contributed by atoms with Crippen LogP contribution in [0.3, 0.4) is 0 Å². The number of hydrogen-bond acceptors (Lipinski definition) is 0. The summed E-state index contributed by atoms with van der Waals surface area (Å²) in [4.78, 5) is 0. The molecule has 1 aliphatic rings. The van der Waals surface area contributed by atoms with E-state index in [9.17, 15) is 0 Å². The van der Waals surface area contributed by atoms with Crippen molar-refractivity contribution in [3.05, 3.63) is 70.3 Å². The van der Waals surface area contributed by atoms with Crippen molar-refractivity contribution in [1.29, 1.82) is 0 Å². The smallest absolute Gasteiger partial charge is 0.0115 e. The Balaban J connectivity index is 1.89. The van der Waals surface area contributed by atoms with Gasteiger partial charge in [0.15, 0.2) is 0 Å². The number of hydrogen-bond donors (Lipinski definition) is 0. The Bertz CT molecular complexity index is 580. The van der Waals surface area contributed by atoms with Crippen molar-refractivity contribution in [2.45, 2.75) is 51.9 Å². The van der Waals surface area contributed by atoms with Crippen LogP contribution < -0.4 is 0 Å². The summed E-state index contributed by atoms with van der Waals surface area (Å²) in [6, 6.07) is 15.9. The molecule has 3 rings (SSSR count). The molecular formula is C20H24. The molecule has 0 heteroatoms. The average Bonchev–Trinajstić information content (AvgIpc) is 2.89. The van der Waals surface area contributed by atoms with Crippen LogP contribution in [0.1, 0.15) is 54.0 Å². The molecule has 20 heavy (non-hydrogen) atoms. The van der Waals surface area contributed by atoms with Crippen molar-refractivity contribution in [2.24, 2.45) is 0 Å². The molecule has 0 saturated carbocycles. The Morgan fingerprint density at radius 2 is 1.65 bits per heavy atom. The number of benzene rings is 2. The molecule has 0 aromatic heterocycles. The highest BCUT2D eigenvalue weighted by Gasteiger charge is 2.23. The fourth-order valence-corrected chi connectivity index (χ4v) is 3.61. The van der Waals surface area contributed by atoms with E-state index in [-0.39, 0.29) is 0 Å². The van der Waals surface area contributed by atoms with Crippen LogP contribution in [-0.2, 0) is 25.7 Å². The third-order valence-electron chi connectivity index (χ3n) is 4.75. The Kier molecular flexibility index (Phi) is 3.91. The Morgan fingerprint density at radius 1 is 0.950 bits per heavy atom. The zero-order valence-electron chi connectivity index (χ0n) is 12.7. The SMILES string of the molecule is CCc1cc2c(cc1CC)C(Cc1ccccc1)CC2. The minimum absolute atomic E-state index is 0.726. The van der Waals surface area contributed by atoms with E-state index in [1.54, 1.807) is 22.3 Å². The van der Waals surface area contributed by atoms with Gasteiger partial charge in [0.2, 0.25) is 0 Å². The van der Waals surface area contributed by atoms with Gasteiger partial charge in [0.25, 0.3) is 0 Å². The Morgan fingerprint density at radius 3 is 2.35 bits per heavy atom. The van der Waals surface area contributed by atoms with Gasteiger partial charge in [-0.1, -0.05) is 56.3 Å². The first kappa shape index (κ1) is 13.4. The zero-order chi connectivity index (χ0) is 13.9. The summed E-state index contributed by atoms with van der Waals surface area (Å²) in [5, 5.41) is 0. The minimum atomic E-state index is 0.726. The summed E-state index contributed by atoms with van der Waals surface area (Å²) in [5.74, 6) is 0.726. The first-order chi connectivity index (χ1) is 9.81. The lowest BCUT2D eigenvalue weighted by atomic mass is 9.90. The maximum Gasteiger partial charge on any atom is -0.0115 e. The standard InChI is InChI=1S/C20H24/c1-3-16-13-19-11-10-18(20(19)14-17(16)4-2)12-15-8-6-5-7-9-15/h5-9,13-14,18H,3-4,10-12H2,1-2H3. The van der Waals surface area contributed by atoms with Crippen LogP contribution >= 0.6 is 0 Å². The van der Waals surface area contributed by atoms with Crippen molar-refractivity contribution >= 4 is 0 Å². The molecule has 0 N–H and O–H groups in total. The van der Waals surface area contributed by atoms with E-state index in [2.05, 4.69) is 56.3 Å². The Labute approximate surface area is 122 Å². The molecule has 0 saturated heterocycles. The second-order valence-electron chi connectivity index (χ2n) is 5.95. The van der Waals surface area contributed by atoms with Crippen molar-refractivity contribution in [3.8, 4) is 0 Å². The Hall–Kier alpha value is -1.56. The van der Waals surface area contributed by atoms with Crippen LogP contribution in [0.2, 0.25) is 0 Å². The van der Waals surface area contributed by atoms with Gasteiger partial charge < -0.3 is 0 Å². The van der Waals surface area contributed by atoms with E-state index < -0.39 is 0 Å². The van der Waals surface area contributed by atoms with Gasteiger partial charge in [-0.25, -0.2) is 0 Å². The predicted molar refractivity (Wildman–Crippen MR) is 86.4 cm³/mol. The van der Waals surface area contributed by atoms with Gasteiger partial charge in [0, 0.05) is 0 Å². The van der Waals surface area contributed by atoms with Crippen LogP contribution in [0.25, 0.3) is 0 Å². The van der Waals surface area contributed by atoms with E-state index in [1.807, 2.05) is 0 Å². The molecule has 0 spiro atoms. The van der Waals surface area contributed by atoms with E-state index in [4.69, 9.17) is 0 Å². The van der Waals surface area contributed by atoms with Gasteiger partial charge in [-0.2, -0.15) is 0 Å². The molecule has 0 nitrogen and oxygen atoms in total. The maximum absolute atomic E-state index is 2.51. The molecule has 1 unspecified atom stereocenters. The highest BCUT2D eigenvalue weighted by atomic mass is 14.3. The summed E-state index contributed by atoms with van der Waals surface area (Å²) < 4.78 is 0. The van der Waals surface area contributed by atoms with Crippen LogP contribution in [-0.4, -0.2) is 0 Å². The molecule has 0 fully saturated rings. The van der Waals surface area contributed by atoms with Gasteiger partial charge in [-0.3, -0.25) is 0 Å². The van der Waals surface area contributed by atoms with E-state index in [0.29, 0.717) is 0 Å². The number of rotatable bonds is 4. The van der Waals surface area contributed by atoms with Crippen LogP contribution in [0, 0.1) is 0 Å². The number of fused-ring (bicyclic) bond motifs is 1. The third-order valence-corrected chi connectivity index (χ3v) is 4.75. The van der Waals surface area contributed by atoms with Crippen molar-refractivity contribution in [3.63, 3.8) is 0 Å². The third kappa shape index (κ3) is 2.52. The van der Waals surface area contributed by atoms with Crippen molar-refractivity contribution in [2.75, 3.05) is 0 Å². The lowest BCUT2D eigenvalue weighted by Gasteiger charge is -2.15. The lowest BCUT2D eigenvalue weighted by molar-refractivity contribution is 0.674. The lowest BCUT2D eigenvalue weighted by Crippen LogP contribution is -2.01.